The molecule has 1 radical (unpaired) electrons. The van der Waals surface area contributed by atoms with Crippen molar-refractivity contribution >= 4 is 7.41 Å². The van der Waals surface area contributed by atoms with E-state index in [-0.39, 0.29) is 0 Å². The minimum Gasteiger partial charge on any atom is -0.338 e. The quantitative estimate of drug-likeness (QED) is 0.443. The highest BCUT2D eigenvalue weighted by Gasteiger charge is 2.11. The third-order valence-corrected chi connectivity index (χ3v) is 2.31. The lowest BCUT2D eigenvalue weighted by molar-refractivity contribution is 0.315. The molecule has 0 unspecified atom stereocenters. The van der Waals surface area contributed by atoms with E-state index in [4.69, 9.17) is 0 Å². The van der Waals surface area contributed by atoms with Crippen molar-refractivity contribution < 1.29 is 0 Å². The fraction of sp³-hybridized carbons (Fsp3) is 0.833. The predicted octanol–water partition coefficient (Wildman–Crippen LogP) is 3.43. The van der Waals surface area contributed by atoms with Crippen LogP contribution in [0.3, 0.4) is 0 Å². The zero-order valence-corrected chi connectivity index (χ0v) is 10.5. The average molecular weight is 194 g/mol. The number of hydrogen-bond acceptors (Lipinski definition) is 1. The van der Waals surface area contributed by atoms with Gasteiger partial charge in [0.25, 0.3) is 0 Å². The fourth-order valence-corrected chi connectivity index (χ4v) is 1.52. The van der Waals surface area contributed by atoms with Crippen LogP contribution in [0.5, 0.6) is 0 Å². The van der Waals surface area contributed by atoms with Crippen molar-refractivity contribution in [3.63, 3.8) is 0 Å². The summed E-state index contributed by atoms with van der Waals surface area (Å²) in [4.78, 5) is 2.38. The summed E-state index contributed by atoms with van der Waals surface area (Å²) in [6.07, 6.45) is 6.05. The minimum absolute atomic E-state index is 0.589. The lowest BCUT2D eigenvalue weighted by Gasteiger charge is -2.28. The van der Waals surface area contributed by atoms with Gasteiger partial charge in [0.15, 0.2) is 0 Å². The van der Waals surface area contributed by atoms with Crippen molar-refractivity contribution in [1.82, 2.24) is 4.81 Å². The normalized spacial score (nSPS) is 12.3. The van der Waals surface area contributed by atoms with Gasteiger partial charge in [0, 0.05) is 0 Å². The van der Waals surface area contributed by atoms with Crippen molar-refractivity contribution in [3.8, 4) is 0 Å². The van der Waals surface area contributed by atoms with Gasteiger partial charge in [0.1, 0.15) is 0 Å². The van der Waals surface area contributed by atoms with Gasteiger partial charge < -0.3 is 4.81 Å². The fourth-order valence-electron chi connectivity index (χ4n) is 1.52. The topological polar surface area (TPSA) is 3.24 Å². The number of rotatable bonds is 7. The molecule has 81 valence electrons. The molecule has 0 aromatic rings. The second kappa shape index (κ2) is 8.10. The molecule has 0 atom stereocenters. The van der Waals surface area contributed by atoms with Crippen LogP contribution in [-0.2, 0) is 0 Å². The molecular weight excluding hydrogens is 169 g/mol. The number of unbranched alkanes of at least 4 members (excludes halogenated alkanes) is 2. The molecule has 0 fully saturated rings. The van der Waals surface area contributed by atoms with Crippen LogP contribution >= 0.6 is 0 Å². The summed E-state index contributed by atoms with van der Waals surface area (Å²) in [7, 11) is 2.21. The first-order valence-corrected chi connectivity index (χ1v) is 5.87. The summed E-state index contributed by atoms with van der Waals surface area (Å²) in [6, 6.07) is 1.18. The summed E-state index contributed by atoms with van der Waals surface area (Å²) in [5.41, 5.74) is 0. The Balaban J connectivity index is 3.76. The maximum atomic E-state index is 2.38. The van der Waals surface area contributed by atoms with Crippen LogP contribution in [0.4, 0.5) is 0 Å². The Hall–Kier alpha value is -0.235. The molecule has 0 saturated carbocycles. The molecule has 0 N–H and O–H groups in total. The SMILES string of the molecule is CCCC/C=C/[B]N(C(C)C)C(C)C. The Morgan fingerprint density at radius 3 is 2.14 bits per heavy atom. The van der Waals surface area contributed by atoms with E-state index in [0.717, 1.165) is 0 Å². The van der Waals surface area contributed by atoms with Crippen LogP contribution in [0.25, 0.3) is 0 Å². The smallest absolute Gasteiger partial charge is 0.239 e. The molecule has 0 rings (SSSR count). The molecule has 0 aromatic carbocycles. The van der Waals surface area contributed by atoms with Crippen molar-refractivity contribution in [2.75, 3.05) is 0 Å². The second-order valence-electron chi connectivity index (χ2n) is 4.35. The molecule has 0 aliphatic carbocycles. The lowest BCUT2D eigenvalue weighted by atomic mass is 9.86. The van der Waals surface area contributed by atoms with E-state index in [1.54, 1.807) is 0 Å². The highest BCUT2D eigenvalue weighted by Crippen LogP contribution is 2.03. The molecule has 14 heavy (non-hydrogen) atoms. The first-order chi connectivity index (χ1) is 6.59. The molecule has 0 heterocycles. The van der Waals surface area contributed by atoms with Crippen molar-refractivity contribution in [3.05, 3.63) is 12.1 Å². The molecular formula is C12H25BN. The Labute approximate surface area is 90.8 Å². The Kier molecular flexibility index (Phi) is 7.97. The van der Waals surface area contributed by atoms with Gasteiger partial charge in [0.05, 0.1) is 0 Å². The highest BCUT2D eigenvalue weighted by molar-refractivity contribution is 6.38. The van der Waals surface area contributed by atoms with Crippen LogP contribution in [0.15, 0.2) is 12.1 Å². The molecule has 0 spiro atoms. The average Bonchev–Trinajstić information content (AvgIpc) is 2.09. The molecule has 0 saturated heterocycles. The number of allylic oxidation sites excluding steroid dienone is 1. The third kappa shape index (κ3) is 6.25. The Morgan fingerprint density at radius 2 is 1.71 bits per heavy atom. The summed E-state index contributed by atoms with van der Waals surface area (Å²) >= 11 is 0. The summed E-state index contributed by atoms with van der Waals surface area (Å²) in [5, 5.41) is 0. The molecule has 0 aliphatic rings. The minimum atomic E-state index is 0.589. The molecule has 0 aliphatic heterocycles. The van der Waals surface area contributed by atoms with Gasteiger partial charge in [-0.15, -0.1) is 5.98 Å². The van der Waals surface area contributed by atoms with E-state index >= 15 is 0 Å². The van der Waals surface area contributed by atoms with Crippen molar-refractivity contribution in [1.29, 1.82) is 0 Å². The van der Waals surface area contributed by atoms with Crippen molar-refractivity contribution in [2.24, 2.45) is 0 Å². The van der Waals surface area contributed by atoms with E-state index in [1.165, 1.54) is 19.3 Å². The largest absolute Gasteiger partial charge is 0.338 e. The van der Waals surface area contributed by atoms with Crippen LogP contribution in [0.1, 0.15) is 53.9 Å². The van der Waals surface area contributed by atoms with Crippen LogP contribution in [0, 0.1) is 0 Å². The Morgan fingerprint density at radius 1 is 1.14 bits per heavy atom. The van der Waals surface area contributed by atoms with Crippen LogP contribution < -0.4 is 0 Å². The van der Waals surface area contributed by atoms with Crippen molar-refractivity contribution in [2.45, 2.75) is 66.0 Å². The zero-order chi connectivity index (χ0) is 11.0. The van der Waals surface area contributed by atoms with Gasteiger partial charge in [-0.3, -0.25) is 0 Å². The monoisotopic (exact) mass is 194 g/mol. The first-order valence-electron chi connectivity index (χ1n) is 5.87. The third-order valence-electron chi connectivity index (χ3n) is 2.31. The number of nitrogens with zero attached hydrogens (tertiary/aromatic N) is 1. The molecule has 0 aromatic heterocycles. The van der Waals surface area contributed by atoms with E-state index in [9.17, 15) is 0 Å². The van der Waals surface area contributed by atoms with E-state index < -0.39 is 0 Å². The highest BCUT2D eigenvalue weighted by atomic mass is 15.1. The standard InChI is InChI=1S/C12H25BN/c1-6-7-8-9-10-13-14(11(2)3)12(4)5/h9-12H,6-8H2,1-5H3/b10-9+. The van der Waals surface area contributed by atoms with E-state index in [1.807, 2.05) is 0 Å². The molecule has 1 nitrogen and oxygen atoms in total. The number of hydrogen-bond donors (Lipinski definition) is 0. The maximum Gasteiger partial charge on any atom is 0.239 e. The zero-order valence-electron chi connectivity index (χ0n) is 10.5. The van der Waals surface area contributed by atoms with E-state index in [2.05, 4.69) is 58.9 Å². The maximum absolute atomic E-state index is 2.38. The van der Waals surface area contributed by atoms with Gasteiger partial charge >= 0.3 is 0 Å². The van der Waals surface area contributed by atoms with E-state index in [0.29, 0.717) is 12.1 Å². The molecule has 0 bridgehead atoms. The van der Waals surface area contributed by atoms with Gasteiger partial charge in [-0.1, -0.05) is 53.5 Å². The summed E-state index contributed by atoms with van der Waals surface area (Å²) in [5.74, 6) is 2.19. The van der Waals surface area contributed by atoms with Gasteiger partial charge in [-0.25, -0.2) is 0 Å². The van der Waals surface area contributed by atoms with Crippen LogP contribution in [0.2, 0.25) is 0 Å². The molecule has 0 amide bonds. The van der Waals surface area contributed by atoms with Gasteiger partial charge in [0.2, 0.25) is 7.41 Å². The van der Waals surface area contributed by atoms with Gasteiger partial charge in [-0.05, 0) is 18.5 Å². The summed E-state index contributed by atoms with van der Waals surface area (Å²) < 4.78 is 0. The lowest BCUT2D eigenvalue weighted by Crippen LogP contribution is -2.39. The van der Waals surface area contributed by atoms with Crippen LogP contribution in [-0.4, -0.2) is 24.3 Å². The predicted molar refractivity (Wildman–Crippen MR) is 66.5 cm³/mol. The van der Waals surface area contributed by atoms with Gasteiger partial charge in [-0.2, -0.15) is 0 Å². The Bertz CT molecular complexity index is 144. The summed E-state index contributed by atoms with van der Waals surface area (Å²) in [6.45, 7) is 11.2. The second-order valence-corrected chi connectivity index (χ2v) is 4.35. The first kappa shape index (κ1) is 13.8. The molecule has 2 heteroatoms.